The van der Waals surface area contributed by atoms with Crippen LogP contribution in [0.3, 0.4) is 0 Å². The average molecular weight is 240 g/mol. The zero-order chi connectivity index (χ0) is 12.1. The van der Waals surface area contributed by atoms with E-state index in [0.717, 1.165) is 6.04 Å². The molecule has 1 saturated carbocycles. The first kappa shape index (κ1) is 13.3. The molecule has 1 aliphatic carbocycles. The number of rotatable bonds is 4. The van der Waals surface area contributed by atoms with Crippen molar-refractivity contribution in [2.24, 2.45) is 0 Å². The van der Waals surface area contributed by atoms with Crippen molar-refractivity contribution in [2.75, 3.05) is 26.7 Å². The van der Waals surface area contributed by atoms with Gasteiger partial charge in [0.25, 0.3) is 0 Å². The summed E-state index contributed by atoms with van der Waals surface area (Å²) in [5.41, 5.74) is 0. The maximum Gasteiger partial charge on any atom is 0.0586 e. The molecule has 0 aromatic carbocycles. The van der Waals surface area contributed by atoms with Gasteiger partial charge in [0.15, 0.2) is 0 Å². The van der Waals surface area contributed by atoms with Crippen LogP contribution in [0.5, 0.6) is 0 Å². The molecule has 3 nitrogen and oxygen atoms in total. The van der Waals surface area contributed by atoms with E-state index >= 15 is 0 Å². The first-order chi connectivity index (χ1) is 8.31. The molecule has 0 radical (unpaired) electrons. The molecule has 2 atom stereocenters. The highest BCUT2D eigenvalue weighted by Crippen LogP contribution is 2.22. The Labute approximate surface area is 106 Å². The topological polar surface area (TPSA) is 24.5 Å². The molecular formula is C14H28N2O. The Balaban J connectivity index is 1.70. The van der Waals surface area contributed by atoms with E-state index in [1.165, 1.54) is 58.2 Å². The molecule has 1 N–H and O–H groups in total. The molecule has 0 aromatic heterocycles. The van der Waals surface area contributed by atoms with Crippen molar-refractivity contribution >= 4 is 0 Å². The van der Waals surface area contributed by atoms with Gasteiger partial charge in [-0.3, -0.25) is 0 Å². The fourth-order valence-electron chi connectivity index (χ4n) is 3.26. The Hall–Kier alpha value is -0.120. The lowest BCUT2D eigenvalue weighted by Crippen LogP contribution is -2.48. The number of methoxy groups -OCH3 is 1. The third-order valence-electron chi connectivity index (χ3n) is 4.47. The molecule has 0 aromatic rings. The van der Waals surface area contributed by atoms with Crippen molar-refractivity contribution in [3.05, 3.63) is 0 Å². The fraction of sp³-hybridized carbons (Fsp3) is 1.00. The van der Waals surface area contributed by atoms with Crippen LogP contribution in [0.25, 0.3) is 0 Å². The van der Waals surface area contributed by atoms with Gasteiger partial charge < -0.3 is 15.0 Å². The molecule has 0 amide bonds. The zero-order valence-electron chi connectivity index (χ0n) is 11.5. The van der Waals surface area contributed by atoms with E-state index in [0.29, 0.717) is 12.1 Å². The Morgan fingerprint density at radius 3 is 2.53 bits per heavy atom. The summed E-state index contributed by atoms with van der Waals surface area (Å²) in [6.07, 6.45) is 8.27. The highest BCUT2D eigenvalue weighted by molar-refractivity contribution is 4.84. The van der Waals surface area contributed by atoms with Crippen molar-refractivity contribution in [1.82, 2.24) is 10.2 Å². The van der Waals surface area contributed by atoms with E-state index in [1.54, 1.807) is 0 Å². The van der Waals surface area contributed by atoms with Crippen LogP contribution in [0.1, 0.15) is 45.4 Å². The summed E-state index contributed by atoms with van der Waals surface area (Å²) in [5, 5.41) is 3.86. The number of nitrogens with one attached hydrogen (secondary N) is 1. The molecule has 2 aliphatic rings. The van der Waals surface area contributed by atoms with Crippen molar-refractivity contribution in [1.29, 1.82) is 0 Å². The fourth-order valence-corrected chi connectivity index (χ4v) is 3.26. The van der Waals surface area contributed by atoms with Gasteiger partial charge in [-0.15, -0.1) is 0 Å². The van der Waals surface area contributed by atoms with Crippen LogP contribution >= 0.6 is 0 Å². The SMILES string of the molecule is CCN1CCC(NC2CCCC(OC)C2)CC1. The highest BCUT2D eigenvalue weighted by Gasteiger charge is 2.25. The maximum absolute atomic E-state index is 5.50. The van der Waals surface area contributed by atoms with Crippen LogP contribution in [0.15, 0.2) is 0 Å². The molecule has 1 aliphatic heterocycles. The smallest absolute Gasteiger partial charge is 0.0586 e. The lowest BCUT2D eigenvalue weighted by atomic mass is 9.91. The van der Waals surface area contributed by atoms with Gasteiger partial charge in [-0.25, -0.2) is 0 Å². The molecule has 2 rings (SSSR count). The Kier molecular flexibility index (Phi) is 5.26. The van der Waals surface area contributed by atoms with Gasteiger partial charge >= 0.3 is 0 Å². The molecule has 3 heteroatoms. The summed E-state index contributed by atoms with van der Waals surface area (Å²) in [7, 11) is 1.85. The van der Waals surface area contributed by atoms with Crippen LogP contribution in [-0.2, 0) is 4.74 Å². The molecule has 0 spiro atoms. The average Bonchev–Trinajstić information content (AvgIpc) is 2.40. The lowest BCUT2D eigenvalue weighted by molar-refractivity contribution is 0.0546. The van der Waals surface area contributed by atoms with Gasteiger partial charge in [-0.1, -0.05) is 6.92 Å². The van der Waals surface area contributed by atoms with Crippen molar-refractivity contribution in [3.8, 4) is 0 Å². The summed E-state index contributed by atoms with van der Waals surface area (Å²) >= 11 is 0. The monoisotopic (exact) mass is 240 g/mol. The van der Waals surface area contributed by atoms with Crippen molar-refractivity contribution in [2.45, 2.75) is 63.6 Å². The molecule has 2 unspecified atom stereocenters. The molecule has 100 valence electrons. The largest absolute Gasteiger partial charge is 0.381 e. The molecule has 1 saturated heterocycles. The number of nitrogens with zero attached hydrogens (tertiary/aromatic N) is 1. The lowest BCUT2D eigenvalue weighted by Gasteiger charge is -2.36. The second-order valence-corrected chi connectivity index (χ2v) is 5.60. The minimum atomic E-state index is 0.497. The third-order valence-corrected chi connectivity index (χ3v) is 4.47. The quantitative estimate of drug-likeness (QED) is 0.813. The zero-order valence-corrected chi connectivity index (χ0v) is 11.5. The molecule has 1 heterocycles. The standard InChI is InChI=1S/C14H28N2O/c1-3-16-9-7-12(8-10-16)15-13-5-4-6-14(11-13)17-2/h12-15H,3-11H2,1-2H3. The second kappa shape index (κ2) is 6.72. The Morgan fingerprint density at radius 1 is 1.12 bits per heavy atom. The minimum absolute atomic E-state index is 0.497. The molecule has 0 bridgehead atoms. The van der Waals surface area contributed by atoms with Crippen molar-refractivity contribution < 1.29 is 4.74 Å². The van der Waals surface area contributed by atoms with E-state index in [9.17, 15) is 0 Å². The first-order valence-electron chi connectivity index (χ1n) is 7.33. The van der Waals surface area contributed by atoms with E-state index in [2.05, 4.69) is 17.1 Å². The van der Waals surface area contributed by atoms with Gasteiger partial charge in [0, 0.05) is 19.2 Å². The number of ether oxygens (including phenoxy) is 1. The van der Waals surface area contributed by atoms with Gasteiger partial charge in [-0.05, 0) is 58.2 Å². The van der Waals surface area contributed by atoms with E-state index < -0.39 is 0 Å². The molecule has 17 heavy (non-hydrogen) atoms. The second-order valence-electron chi connectivity index (χ2n) is 5.60. The first-order valence-corrected chi connectivity index (χ1v) is 7.33. The summed E-state index contributed by atoms with van der Waals surface area (Å²) in [5.74, 6) is 0. The minimum Gasteiger partial charge on any atom is -0.381 e. The van der Waals surface area contributed by atoms with Crippen LogP contribution < -0.4 is 5.32 Å². The van der Waals surface area contributed by atoms with Gasteiger partial charge in [0.2, 0.25) is 0 Å². The third kappa shape index (κ3) is 3.94. The van der Waals surface area contributed by atoms with Gasteiger partial charge in [0.05, 0.1) is 6.10 Å². The van der Waals surface area contributed by atoms with E-state index in [4.69, 9.17) is 4.74 Å². The number of hydrogen-bond donors (Lipinski definition) is 1. The maximum atomic E-state index is 5.50. The van der Waals surface area contributed by atoms with E-state index in [-0.39, 0.29) is 0 Å². The summed E-state index contributed by atoms with van der Waals surface area (Å²) < 4.78 is 5.50. The normalized spacial score (nSPS) is 32.8. The van der Waals surface area contributed by atoms with Gasteiger partial charge in [-0.2, -0.15) is 0 Å². The predicted octanol–water partition coefficient (Wildman–Crippen LogP) is 2.02. The predicted molar refractivity (Wildman–Crippen MR) is 71.3 cm³/mol. The molecule has 2 fully saturated rings. The Morgan fingerprint density at radius 2 is 1.88 bits per heavy atom. The van der Waals surface area contributed by atoms with Crippen LogP contribution in [0.2, 0.25) is 0 Å². The number of likely N-dealkylation sites (tertiary alicyclic amines) is 1. The van der Waals surface area contributed by atoms with Crippen molar-refractivity contribution in [3.63, 3.8) is 0 Å². The van der Waals surface area contributed by atoms with E-state index in [1.807, 2.05) is 7.11 Å². The number of piperidine rings is 1. The number of hydrogen-bond acceptors (Lipinski definition) is 3. The summed E-state index contributed by atoms with van der Waals surface area (Å²) in [6, 6.07) is 1.45. The van der Waals surface area contributed by atoms with Crippen LogP contribution in [0, 0.1) is 0 Å². The van der Waals surface area contributed by atoms with Crippen LogP contribution in [-0.4, -0.2) is 49.8 Å². The highest BCUT2D eigenvalue weighted by atomic mass is 16.5. The van der Waals surface area contributed by atoms with Gasteiger partial charge in [0.1, 0.15) is 0 Å². The Bertz CT molecular complexity index is 214. The summed E-state index contributed by atoms with van der Waals surface area (Å²) in [4.78, 5) is 2.55. The summed E-state index contributed by atoms with van der Waals surface area (Å²) in [6.45, 7) is 6.02. The van der Waals surface area contributed by atoms with Crippen LogP contribution in [0.4, 0.5) is 0 Å². The molecular weight excluding hydrogens is 212 g/mol.